The molecule has 0 aromatic heterocycles. The number of nitriles is 1. The molecule has 1 rings (SSSR count). The fraction of sp³-hybridized carbons (Fsp3) is 0.231. The largest absolute Gasteiger partial charge is 0.503 e. The molecule has 0 aliphatic heterocycles. The van der Waals surface area contributed by atoms with Gasteiger partial charge in [0.05, 0.1) is 18.2 Å². The molecule has 1 aromatic carbocycles. The highest BCUT2D eigenvalue weighted by Gasteiger charge is 2.12. The smallest absolute Gasteiger partial charge is 0.348 e. The van der Waals surface area contributed by atoms with E-state index in [1.54, 1.807) is 19.1 Å². The van der Waals surface area contributed by atoms with E-state index in [2.05, 4.69) is 15.9 Å². The van der Waals surface area contributed by atoms with Crippen LogP contribution in [-0.2, 0) is 9.53 Å². The lowest BCUT2D eigenvalue weighted by Gasteiger charge is -2.07. The number of carbonyl (C=O) groups is 1. The second-order valence-corrected chi connectivity index (χ2v) is 4.30. The third-order valence-corrected chi connectivity index (χ3v) is 2.80. The minimum absolute atomic E-state index is 0.0470. The second-order valence-electron chi connectivity index (χ2n) is 3.44. The Labute approximate surface area is 119 Å². The van der Waals surface area contributed by atoms with Crippen LogP contribution >= 0.6 is 15.9 Å². The number of nitrogens with zero attached hydrogens (tertiary/aromatic N) is 1. The minimum atomic E-state index is -0.687. The summed E-state index contributed by atoms with van der Waals surface area (Å²) in [6, 6.07) is 4.85. The fourth-order valence-corrected chi connectivity index (χ4v) is 1.80. The zero-order valence-electron chi connectivity index (χ0n) is 10.4. The van der Waals surface area contributed by atoms with E-state index in [0.29, 0.717) is 10.0 Å². The number of phenols is 1. The molecule has 0 fully saturated rings. The number of halogens is 1. The molecule has 0 saturated carbocycles. The second kappa shape index (κ2) is 6.81. The molecule has 1 aromatic rings. The van der Waals surface area contributed by atoms with Gasteiger partial charge < -0.3 is 14.6 Å². The van der Waals surface area contributed by atoms with Crippen molar-refractivity contribution < 1.29 is 19.4 Å². The van der Waals surface area contributed by atoms with Crippen molar-refractivity contribution in [1.82, 2.24) is 0 Å². The average molecular weight is 326 g/mol. The number of phenolic OH excluding ortho intramolecular Hbond substituents is 1. The lowest BCUT2D eigenvalue weighted by Crippen LogP contribution is -2.06. The Bertz CT molecular complexity index is 560. The molecule has 0 radical (unpaired) electrons. The van der Waals surface area contributed by atoms with Crippen LogP contribution in [0, 0.1) is 11.3 Å². The lowest BCUT2D eigenvalue weighted by molar-refractivity contribution is -0.137. The predicted molar refractivity (Wildman–Crippen MR) is 72.6 cm³/mol. The first-order valence-corrected chi connectivity index (χ1v) is 6.18. The molecule has 1 N–H and O–H groups in total. The molecule has 6 heteroatoms. The standard InChI is InChI=1S/C13H12BrNO4/c1-3-19-13(17)9(7-15)4-8-5-10(14)12(16)11(6-8)18-2/h4-6,16H,3H2,1-2H3/b9-4+. The number of esters is 1. The Kier molecular flexibility index (Phi) is 5.39. The highest BCUT2D eigenvalue weighted by atomic mass is 79.9. The summed E-state index contributed by atoms with van der Waals surface area (Å²) < 4.78 is 10.1. The molecule has 0 spiro atoms. The Morgan fingerprint density at radius 3 is 2.79 bits per heavy atom. The fourth-order valence-electron chi connectivity index (χ4n) is 1.35. The highest BCUT2D eigenvalue weighted by Crippen LogP contribution is 2.35. The number of benzene rings is 1. The van der Waals surface area contributed by atoms with Crippen molar-refractivity contribution in [3.8, 4) is 17.6 Å². The van der Waals surface area contributed by atoms with E-state index in [0.717, 1.165) is 0 Å². The van der Waals surface area contributed by atoms with E-state index < -0.39 is 5.97 Å². The van der Waals surface area contributed by atoms with Gasteiger partial charge in [0.2, 0.25) is 0 Å². The monoisotopic (exact) mass is 325 g/mol. The Morgan fingerprint density at radius 2 is 2.26 bits per heavy atom. The van der Waals surface area contributed by atoms with Crippen LogP contribution in [0.1, 0.15) is 12.5 Å². The molecule has 0 unspecified atom stereocenters. The highest BCUT2D eigenvalue weighted by molar-refractivity contribution is 9.10. The summed E-state index contributed by atoms with van der Waals surface area (Å²) in [6.07, 6.45) is 1.37. The molecule has 19 heavy (non-hydrogen) atoms. The molecular weight excluding hydrogens is 314 g/mol. The van der Waals surface area contributed by atoms with E-state index in [9.17, 15) is 9.90 Å². The van der Waals surface area contributed by atoms with Gasteiger partial charge in [0.25, 0.3) is 0 Å². The first kappa shape index (κ1) is 15.1. The molecule has 0 atom stereocenters. The summed E-state index contributed by atoms with van der Waals surface area (Å²) in [5, 5.41) is 18.6. The predicted octanol–water partition coefficient (Wildman–Crippen LogP) is 2.63. The van der Waals surface area contributed by atoms with Crippen molar-refractivity contribution in [2.75, 3.05) is 13.7 Å². The molecule has 0 saturated heterocycles. The maximum atomic E-state index is 11.5. The van der Waals surface area contributed by atoms with E-state index in [1.165, 1.54) is 19.3 Å². The summed E-state index contributed by atoms with van der Waals surface area (Å²) in [6.45, 7) is 1.85. The van der Waals surface area contributed by atoms with Crippen molar-refractivity contribution >= 4 is 28.0 Å². The first-order valence-electron chi connectivity index (χ1n) is 5.38. The van der Waals surface area contributed by atoms with Crippen LogP contribution in [0.3, 0.4) is 0 Å². The van der Waals surface area contributed by atoms with Gasteiger partial charge >= 0.3 is 5.97 Å². The Balaban J connectivity index is 3.20. The summed E-state index contributed by atoms with van der Waals surface area (Å²) in [4.78, 5) is 11.5. The zero-order chi connectivity index (χ0) is 14.4. The Hall–Kier alpha value is -2.00. The number of carbonyl (C=O) groups excluding carboxylic acids is 1. The van der Waals surface area contributed by atoms with Crippen LogP contribution in [0.15, 0.2) is 22.2 Å². The van der Waals surface area contributed by atoms with Gasteiger partial charge in [-0.05, 0) is 46.6 Å². The van der Waals surface area contributed by atoms with Gasteiger partial charge in [-0.15, -0.1) is 0 Å². The number of aromatic hydroxyl groups is 1. The van der Waals surface area contributed by atoms with Crippen molar-refractivity contribution in [3.05, 3.63) is 27.7 Å². The Morgan fingerprint density at radius 1 is 1.58 bits per heavy atom. The van der Waals surface area contributed by atoms with Crippen LogP contribution in [0.4, 0.5) is 0 Å². The van der Waals surface area contributed by atoms with Crippen molar-refractivity contribution in [3.63, 3.8) is 0 Å². The molecule has 0 aliphatic rings. The number of ether oxygens (including phenoxy) is 2. The van der Waals surface area contributed by atoms with Crippen LogP contribution in [0.5, 0.6) is 11.5 Å². The molecular formula is C13H12BrNO4. The number of hydrogen-bond acceptors (Lipinski definition) is 5. The van der Waals surface area contributed by atoms with Gasteiger partial charge in [0.15, 0.2) is 11.5 Å². The third-order valence-electron chi connectivity index (χ3n) is 2.20. The lowest BCUT2D eigenvalue weighted by atomic mass is 10.1. The number of hydrogen-bond donors (Lipinski definition) is 1. The summed E-state index contributed by atoms with van der Waals surface area (Å²) >= 11 is 3.16. The molecule has 0 aliphatic carbocycles. The first-order chi connectivity index (χ1) is 9.03. The topological polar surface area (TPSA) is 79.6 Å². The van der Waals surface area contributed by atoms with Gasteiger partial charge in [0.1, 0.15) is 11.6 Å². The van der Waals surface area contributed by atoms with Crippen LogP contribution < -0.4 is 4.74 Å². The van der Waals surface area contributed by atoms with E-state index in [4.69, 9.17) is 14.7 Å². The van der Waals surface area contributed by atoms with Crippen molar-refractivity contribution in [1.29, 1.82) is 5.26 Å². The SMILES string of the molecule is CCOC(=O)/C(C#N)=C/c1cc(Br)c(O)c(OC)c1. The van der Waals surface area contributed by atoms with Crippen LogP contribution in [0.25, 0.3) is 6.08 Å². The van der Waals surface area contributed by atoms with Crippen molar-refractivity contribution in [2.24, 2.45) is 0 Å². The van der Waals surface area contributed by atoms with E-state index in [1.807, 2.05) is 0 Å². The molecule has 0 amide bonds. The molecule has 0 bridgehead atoms. The molecule has 5 nitrogen and oxygen atoms in total. The maximum Gasteiger partial charge on any atom is 0.348 e. The van der Waals surface area contributed by atoms with Crippen LogP contribution in [0.2, 0.25) is 0 Å². The summed E-state index contributed by atoms with van der Waals surface area (Å²) in [5.74, 6) is -0.496. The maximum absolute atomic E-state index is 11.5. The van der Waals surface area contributed by atoms with Gasteiger partial charge in [-0.3, -0.25) is 0 Å². The summed E-state index contributed by atoms with van der Waals surface area (Å²) in [5.41, 5.74) is 0.410. The quantitative estimate of drug-likeness (QED) is 0.523. The van der Waals surface area contributed by atoms with Gasteiger partial charge in [-0.2, -0.15) is 5.26 Å². The molecule has 0 heterocycles. The van der Waals surface area contributed by atoms with Crippen LogP contribution in [-0.4, -0.2) is 24.8 Å². The van der Waals surface area contributed by atoms with Gasteiger partial charge in [-0.1, -0.05) is 0 Å². The van der Waals surface area contributed by atoms with E-state index >= 15 is 0 Å². The zero-order valence-corrected chi connectivity index (χ0v) is 12.0. The number of rotatable bonds is 4. The van der Waals surface area contributed by atoms with E-state index in [-0.39, 0.29) is 23.7 Å². The third kappa shape index (κ3) is 3.73. The van der Waals surface area contributed by atoms with Crippen molar-refractivity contribution in [2.45, 2.75) is 6.92 Å². The average Bonchev–Trinajstić information content (AvgIpc) is 2.39. The minimum Gasteiger partial charge on any atom is -0.503 e. The summed E-state index contributed by atoms with van der Waals surface area (Å²) in [7, 11) is 1.41. The molecule has 100 valence electrons. The normalized spacial score (nSPS) is 10.7. The number of methoxy groups -OCH3 is 1. The van der Waals surface area contributed by atoms with Gasteiger partial charge in [-0.25, -0.2) is 4.79 Å². The van der Waals surface area contributed by atoms with Gasteiger partial charge in [0, 0.05) is 0 Å².